The number of anilines is 2. The molecule has 6 nitrogen and oxygen atoms in total. The fraction of sp³-hybridized carbons (Fsp3) is 0.571. The molecule has 3 N–H and O–H groups in total. The van der Waals surface area contributed by atoms with Crippen molar-refractivity contribution < 1.29 is 0 Å². The SMILES string of the molecule is CC1CCC(N(C)c2nc(NN)cn3ccnc23)CC1. The second kappa shape index (κ2) is 5.28. The molecule has 0 spiro atoms. The highest BCUT2D eigenvalue weighted by molar-refractivity contribution is 5.66. The van der Waals surface area contributed by atoms with Crippen molar-refractivity contribution in [1.29, 1.82) is 0 Å². The normalized spacial score (nSPS) is 22.9. The number of hydrogen-bond acceptors (Lipinski definition) is 5. The first-order valence-electron chi connectivity index (χ1n) is 7.22. The van der Waals surface area contributed by atoms with Gasteiger partial charge in [-0.25, -0.2) is 15.8 Å². The van der Waals surface area contributed by atoms with Crippen molar-refractivity contribution in [2.75, 3.05) is 17.4 Å². The van der Waals surface area contributed by atoms with E-state index in [0.29, 0.717) is 11.9 Å². The summed E-state index contributed by atoms with van der Waals surface area (Å²) in [7, 11) is 2.11. The minimum Gasteiger partial charge on any atom is -0.354 e. The fourth-order valence-electron chi connectivity index (χ4n) is 3.02. The Morgan fingerprint density at radius 1 is 1.35 bits per heavy atom. The van der Waals surface area contributed by atoms with E-state index >= 15 is 0 Å². The Balaban J connectivity index is 1.93. The topological polar surface area (TPSA) is 71.5 Å². The molecule has 0 aromatic carbocycles. The van der Waals surface area contributed by atoms with E-state index in [1.165, 1.54) is 25.7 Å². The molecule has 108 valence electrons. The van der Waals surface area contributed by atoms with Gasteiger partial charge < -0.3 is 14.7 Å². The van der Waals surface area contributed by atoms with Gasteiger partial charge in [-0.1, -0.05) is 6.92 Å². The highest BCUT2D eigenvalue weighted by Gasteiger charge is 2.24. The van der Waals surface area contributed by atoms with Gasteiger partial charge in [-0.3, -0.25) is 0 Å². The van der Waals surface area contributed by atoms with Gasteiger partial charge in [-0.15, -0.1) is 0 Å². The van der Waals surface area contributed by atoms with Gasteiger partial charge in [0.25, 0.3) is 0 Å². The number of imidazole rings is 1. The van der Waals surface area contributed by atoms with Crippen LogP contribution in [0.15, 0.2) is 18.6 Å². The van der Waals surface area contributed by atoms with E-state index in [9.17, 15) is 0 Å². The van der Waals surface area contributed by atoms with Crippen LogP contribution in [0.4, 0.5) is 11.6 Å². The molecule has 0 unspecified atom stereocenters. The monoisotopic (exact) mass is 274 g/mol. The summed E-state index contributed by atoms with van der Waals surface area (Å²) in [5.74, 6) is 7.90. The van der Waals surface area contributed by atoms with Crippen molar-refractivity contribution >= 4 is 17.3 Å². The molecule has 0 aliphatic heterocycles. The molecule has 1 aliphatic carbocycles. The summed E-state index contributed by atoms with van der Waals surface area (Å²) in [4.78, 5) is 11.3. The summed E-state index contributed by atoms with van der Waals surface area (Å²) in [6.07, 6.45) is 10.6. The lowest BCUT2D eigenvalue weighted by atomic mass is 9.87. The van der Waals surface area contributed by atoms with E-state index in [0.717, 1.165) is 17.4 Å². The standard InChI is InChI=1S/C14H22N6/c1-10-3-5-11(6-4-10)19(2)14-13-16-7-8-20(13)9-12(17-14)18-15/h7-11,18H,3-6,15H2,1-2H3. The molecule has 3 rings (SSSR count). The highest BCUT2D eigenvalue weighted by atomic mass is 15.3. The van der Waals surface area contributed by atoms with Crippen molar-refractivity contribution in [2.45, 2.75) is 38.6 Å². The number of aromatic nitrogens is 3. The van der Waals surface area contributed by atoms with Crippen molar-refractivity contribution in [2.24, 2.45) is 11.8 Å². The maximum atomic E-state index is 5.51. The number of nitrogens with zero attached hydrogens (tertiary/aromatic N) is 4. The zero-order chi connectivity index (χ0) is 14.1. The van der Waals surface area contributed by atoms with Crippen LogP contribution in [0.3, 0.4) is 0 Å². The number of hydrogen-bond donors (Lipinski definition) is 2. The lowest BCUT2D eigenvalue weighted by molar-refractivity contribution is 0.340. The molecule has 0 amide bonds. The van der Waals surface area contributed by atoms with Crippen molar-refractivity contribution in [3.63, 3.8) is 0 Å². The summed E-state index contributed by atoms with van der Waals surface area (Å²) in [6.45, 7) is 2.33. The Kier molecular flexibility index (Phi) is 3.48. The van der Waals surface area contributed by atoms with Gasteiger partial charge in [0.15, 0.2) is 17.3 Å². The maximum absolute atomic E-state index is 5.51. The molecule has 20 heavy (non-hydrogen) atoms. The van der Waals surface area contributed by atoms with Crippen LogP contribution in [0.2, 0.25) is 0 Å². The molecule has 2 aromatic heterocycles. The van der Waals surface area contributed by atoms with Crippen LogP contribution in [0.5, 0.6) is 0 Å². The Hall–Kier alpha value is -1.82. The molecular formula is C14H22N6. The van der Waals surface area contributed by atoms with E-state index in [1.807, 2.05) is 16.8 Å². The Morgan fingerprint density at radius 3 is 2.80 bits per heavy atom. The van der Waals surface area contributed by atoms with Crippen molar-refractivity contribution in [3.05, 3.63) is 18.6 Å². The number of rotatable bonds is 3. The predicted molar refractivity (Wildman–Crippen MR) is 80.6 cm³/mol. The fourth-order valence-corrected chi connectivity index (χ4v) is 3.02. The van der Waals surface area contributed by atoms with E-state index in [2.05, 4.69) is 34.3 Å². The van der Waals surface area contributed by atoms with E-state index in [1.54, 1.807) is 6.20 Å². The summed E-state index contributed by atoms with van der Waals surface area (Å²) in [5.41, 5.74) is 3.51. The summed E-state index contributed by atoms with van der Waals surface area (Å²) < 4.78 is 1.96. The number of fused-ring (bicyclic) bond motifs is 1. The van der Waals surface area contributed by atoms with Crippen molar-refractivity contribution in [1.82, 2.24) is 14.4 Å². The molecule has 0 radical (unpaired) electrons. The molecule has 2 heterocycles. The molecule has 1 saturated carbocycles. The highest BCUT2D eigenvalue weighted by Crippen LogP contribution is 2.30. The van der Waals surface area contributed by atoms with Gasteiger partial charge in [-0.05, 0) is 31.6 Å². The zero-order valence-electron chi connectivity index (χ0n) is 12.1. The largest absolute Gasteiger partial charge is 0.354 e. The number of nitrogens with two attached hydrogens (primary N) is 1. The van der Waals surface area contributed by atoms with Crippen molar-refractivity contribution in [3.8, 4) is 0 Å². The van der Waals surface area contributed by atoms with Gasteiger partial charge in [0.1, 0.15) is 0 Å². The molecule has 2 aromatic rings. The quantitative estimate of drug-likeness (QED) is 0.662. The third kappa shape index (κ3) is 2.31. The second-order valence-electron chi connectivity index (χ2n) is 5.78. The van der Waals surface area contributed by atoms with Crippen LogP contribution in [0.25, 0.3) is 5.65 Å². The molecule has 1 fully saturated rings. The van der Waals surface area contributed by atoms with Gasteiger partial charge in [0.05, 0.1) is 6.20 Å². The molecule has 0 bridgehead atoms. The smallest absolute Gasteiger partial charge is 0.180 e. The minimum atomic E-state index is 0.534. The molecule has 0 atom stereocenters. The third-order valence-electron chi connectivity index (χ3n) is 4.37. The van der Waals surface area contributed by atoms with Gasteiger partial charge in [0.2, 0.25) is 0 Å². The van der Waals surface area contributed by atoms with E-state index < -0.39 is 0 Å². The average molecular weight is 274 g/mol. The third-order valence-corrected chi connectivity index (χ3v) is 4.37. The van der Waals surface area contributed by atoms with Gasteiger partial charge >= 0.3 is 0 Å². The Bertz CT molecular complexity index is 584. The van der Waals surface area contributed by atoms with Crippen LogP contribution < -0.4 is 16.2 Å². The molecule has 0 saturated heterocycles. The Labute approximate surface area is 119 Å². The van der Waals surface area contributed by atoms with Gasteiger partial charge in [-0.2, -0.15) is 0 Å². The van der Waals surface area contributed by atoms with E-state index in [4.69, 9.17) is 5.84 Å². The first kappa shape index (κ1) is 13.2. The Morgan fingerprint density at radius 2 is 2.10 bits per heavy atom. The van der Waals surface area contributed by atoms with Gasteiger partial charge in [0, 0.05) is 25.5 Å². The summed E-state index contributed by atoms with van der Waals surface area (Å²) >= 11 is 0. The number of nitrogens with one attached hydrogen (secondary N) is 1. The maximum Gasteiger partial charge on any atom is 0.180 e. The summed E-state index contributed by atoms with van der Waals surface area (Å²) in [6, 6.07) is 0.534. The molecule has 6 heteroatoms. The first-order valence-corrected chi connectivity index (χ1v) is 7.22. The second-order valence-corrected chi connectivity index (χ2v) is 5.78. The van der Waals surface area contributed by atoms with Crippen LogP contribution in [0, 0.1) is 5.92 Å². The lowest BCUT2D eigenvalue weighted by Crippen LogP contribution is -2.35. The minimum absolute atomic E-state index is 0.534. The van der Waals surface area contributed by atoms with Crippen LogP contribution in [-0.2, 0) is 0 Å². The summed E-state index contributed by atoms with van der Waals surface area (Å²) in [5, 5.41) is 0. The lowest BCUT2D eigenvalue weighted by Gasteiger charge is -2.34. The van der Waals surface area contributed by atoms with Crippen LogP contribution in [-0.4, -0.2) is 27.5 Å². The molecular weight excluding hydrogens is 252 g/mol. The number of nitrogen functional groups attached to an aromatic ring is 1. The first-order chi connectivity index (χ1) is 9.69. The van der Waals surface area contributed by atoms with E-state index in [-0.39, 0.29) is 0 Å². The van der Waals surface area contributed by atoms with Crippen LogP contribution >= 0.6 is 0 Å². The zero-order valence-corrected chi connectivity index (χ0v) is 12.1. The number of hydrazine groups is 1. The van der Waals surface area contributed by atoms with Crippen LogP contribution in [0.1, 0.15) is 32.6 Å². The molecule has 1 aliphatic rings. The predicted octanol–water partition coefficient (Wildman–Crippen LogP) is 2.03. The average Bonchev–Trinajstić information content (AvgIpc) is 2.94.